The summed E-state index contributed by atoms with van der Waals surface area (Å²) in [6.45, 7) is 3.56. The molecule has 0 N–H and O–H groups in total. The Morgan fingerprint density at radius 3 is 2.50 bits per heavy atom. The summed E-state index contributed by atoms with van der Waals surface area (Å²) >= 11 is 1.12. The standard InChI is InChI=1S/C24H17F3N3O3S/c1-5-13(3)15-8-12(2)9-17(22(15)32)21-16-10-14(6-7-18(16)34-28-21)30-20(31)11-19(24(25,26)27)29(4)23(30)33/h1,6-11,13H,2-4H3. The highest BCUT2D eigenvalue weighted by Gasteiger charge is 2.35. The monoisotopic (exact) mass is 484 g/mol. The van der Waals surface area contributed by atoms with E-state index in [2.05, 4.69) is 10.3 Å². The Bertz CT molecular complexity index is 1610. The topological polar surface area (TPSA) is 76.8 Å². The van der Waals surface area contributed by atoms with Gasteiger partial charge in [-0.05, 0) is 55.2 Å². The lowest BCUT2D eigenvalue weighted by Crippen LogP contribution is -2.40. The van der Waals surface area contributed by atoms with Crippen LogP contribution >= 0.6 is 11.5 Å². The van der Waals surface area contributed by atoms with Gasteiger partial charge in [0.2, 0.25) is 0 Å². The summed E-state index contributed by atoms with van der Waals surface area (Å²) in [5.74, 6) is 1.85. The van der Waals surface area contributed by atoms with Gasteiger partial charge in [0.05, 0.1) is 16.1 Å². The molecule has 0 saturated heterocycles. The first-order valence-corrected chi connectivity index (χ1v) is 10.8. The lowest BCUT2D eigenvalue weighted by molar-refractivity contribution is -0.144. The Kier molecular flexibility index (Phi) is 5.61. The number of aromatic nitrogens is 3. The molecule has 1 radical (unpaired) electrons. The first kappa shape index (κ1) is 23.3. The van der Waals surface area contributed by atoms with Crippen molar-refractivity contribution in [3.05, 3.63) is 74.1 Å². The highest BCUT2D eigenvalue weighted by molar-refractivity contribution is 7.13. The van der Waals surface area contributed by atoms with Crippen LogP contribution in [0.3, 0.4) is 0 Å². The summed E-state index contributed by atoms with van der Waals surface area (Å²) < 4.78 is 45.6. The molecule has 1 unspecified atom stereocenters. The van der Waals surface area contributed by atoms with Gasteiger partial charge in [0.15, 0.2) is 5.75 Å². The van der Waals surface area contributed by atoms with Crippen LogP contribution in [-0.4, -0.2) is 13.5 Å². The number of rotatable bonds is 3. The van der Waals surface area contributed by atoms with Gasteiger partial charge in [0.1, 0.15) is 5.69 Å². The Morgan fingerprint density at radius 1 is 1.15 bits per heavy atom. The van der Waals surface area contributed by atoms with Crippen LogP contribution < -0.4 is 11.2 Å². The van der Waals surface area contributed by atoms with Crippen molar-refractivity contribution in [2.75, 3.05) is 0 Å². The van der Waals surface area contributed by atoms with E-state index in [9.17, 15) is 27.9 Å². The van der Waals surface area contributed by atoms with Gasteiger partial charge in [0, 0.05) is 35.5 Å². The fourth-order valence-electron chi connectivity index (χ4n) is 3.78. The molecule has 34 heavy (non-hydrogen) atoms. The van der Waals surface area contributed by atoms with E-state index in [1.54, 1.807) is 25.1 Å². The lowest BCUT2D eigenvalue weighted by Gasteiger charge is -2.14. The maximum atomic E-state index is 13.2. The maximum Gasteiger partial charge on any atom is 0.431 e. The van der Waals surface area contributed by atoms with Gasteiger partial charge >= 0.3 is 11.9 Å². The van der Waals surface area contributed by atoms with Crippen molar-refractivity contribution in [2.24, 2.45) is 7.05 Å². The van der Waals surface area contributed by atoms with E-state index >= 15 is 0 Å². The van der Waals surface area contributed by atoms with Crippen molar-refractivity contribution in [1.29, 1.82) is 0 Å². The SMILES string of the molecule is C#CC(C)c1cc(C)cc(-c2nsc3ccc(-n4c(=O)cc(C(F)(F)F)n(C)c4=O)cc23)c1[O]. The molecule has 0 aliphatic heterocycles. The third-order valence-corrected chi connectivity index (χ3v) is 6.38. The number of terminal acetylenes is 1. The minimum Gasteiger partial charge on any atom is -0.292 e. The summed E-state index contributed by atoms with van der Waals surface area (Å²) in [6, 6.07) is 8.29. The Balaban J connectivity index is 1.96. The van der Waals surface area contributed by atoms with Gasteiger partial charge in [-0.3, -0.25) is 14.5 Å². The van der Waals surface area contributed by atoms with Crippen molar-refractivity contribution in [1.82, 2.24) is 13.5 Å². The average molecular weight is 484 g/mol. The molecule has 0 spiro atoms. The third-order valence-electron chi connectivity index (χ3n) is 5.56. The predicted octanol–water partition coefficient (Wildman–Crippen LogP) is 5.02. The fourth-order valence-corrected chi connectivity index (χ4v) is 4.55. The van der Waals surface area contributed by atoms with E-state index in [-0.39, 0.29) is 11.4 Å². The van der Waals surface area contributed by atoms with Crippen LogP contribution in [0.2, 0.25) is 0 Å². The van der Waals surface area contributed by atoms with E-state index < -0.39 is 29.0 Å². The van der Waals surface area contributed by atoms with Crippen molar-refractivity contribution >= 4 is 21.6 Å². The Morgan fingerprint density at radius 2 is 1.85 bits per heavy atom. The molecule has 0 saturated carbocycles. The van der Waals surface area contributed by atoms with Gasteiger partial charge in [-0.25, -0.2) is 9.36 Å². The van der Waals surface area contributed by atoms with Gasteiger partial charge in [-0.2, -0.15) is 17.5 Å². The second kappa shape index (κ2) is 8.18. The predicted molar refractivity (Wildman–Crippen MR) is 123 cm³/mol. The smallest absolute Gasteiger partial charge is 0.292 e. The molecule has 173 valence electrons. The van der Waals surface area contributed by atoms with E-state index in [1.807, 2.05) is 6.92 Å². The van der Waals surface area contributed by atoms with Gasteiger partial charge in [0.25, 0.3) is 5.56 Å². The largest absolute Gasteiger partial charge is 0.431 e. The number of benzene rings is 2. The number of hydrogen-bond donors (Lipinski definition) is 0. The number of aryl methyl sites for hydroxylation is 1. The number of nitrogens with zero attached hydrogens (tertiary/aromatic N) is 3. The second-order valence-electron chi connectivity index (χ2n) is 7.87. The molecule has 0 fully saturated rings. The van der Waals surface area contributed by atoms with Crippen LogP contribution in [0, 0.1) is 19.3 Å². The van der Waals surface area contributed by atoms with Crippen LogP contribution in [0.1, 0.15) is 29.7 Å². The zero-order valence-corrected chi connectivity index (χ0v) is 19.0. The van der Waals surface area contributed by atoms with Gasteiger partial charge in [-0.15, -0.1) is 6.42 Å². The number of alkyl halides is 3. The van der Waals surface area contributed by atoms with Crippen molar-refractivity contribution in [3.63, 3.8) is 0 Å². The zero-order valence-electron chi connectivity index (χ0n) is 18.2. The first-order valence-electron chi connectivity index (χ1n) is 10.0. The number of hydrogen-bond acceptors (Lipinski definition) is 4. The number of halogens is 3. The van der Waals surface area contributed by atoms with Crippen molar-refractivity contribution in [3.8, 4) is 35.0 Å². The second-order valence-corrected chi connectivity index (χ2v) is 8.68. The molecule has 6 nitrogen and oxygen atoms in total. The van der Waals surface area contributed by atoms with Crippen molar-refractivity contribution < 1.29 is 18.3 Å². The van der Waals surface area contributed by atoms with E-state index in [1.165, 1.54) is 12.1 Å². The molecule has 0 aliphatic carbocycles. The normalized spacial score (nSPS) is 12.6. The quantitative estimate of drug-likeness (QED) is 0.383. The minimum atomic E-state index is -4.86. The summed E-state index contributed by atoms with van der Waals surface area (Å²) in [5.41, 5.74) is -1.64. The highest BCUT2D eigenvalue weighted by Crippen LogP contribution is 2.41. The highest BCUT2D eigenvalue weighted by atomic mass is 32.1. The molecular formula is C24H17F3N3O3S. The maximum absolute atomic E-state index is 13.2. The Labute approximate surface area is 195 Å². The molecule has 2 aromatic carbocycles. The molecule has 0 aliphatic rings. The van der Waals surface area contributed by atoms with E-state index in [0.717, 1.165) is 24.1 Å². The average Bonchev–Trinajstić information content (AvgIpc) is 3.19. The zero-order chi connectivity index (χ0) is 24.9. The van der Waals surface area contributed by atoms with E-state index in [4.69, 9.17) is 6.42 Å². The van der Waals surface area contributed by atoms with E-state index in [0.29, 0.717) is 42.1 Å². The molecule has 0 bridgehead atoms. The molecule has 4 aromatic rings. The third kappa shape index (κ3) is 3.78. The summed E-state index contributed by atoms with van der Waals surface area (Å²) in [5, 5.41) is 13.6. The minimum absolute atomic E-state index is 0.0607. The van der Waals surface area contributed by atoms with Crippen LogP contribution in [0.4, 0.5) is 13.2 Å². The summed E-state index contributed by atoms with van der Waals surface area (Å²) in [6.07, 6.45) is 0.650. The summed E-state index contributed by atoms with van der Waals surface area (Å²) in [7, 11) is 0.946. The first-order chi connectivity index (χ1) is 15.9. The van der Waals surface area contributed by atoms with Crippen LogP contribution in [0.5, 0.6) is 5.75 Å². The van der Waals surface area contributed by atoms with Crippen LogP contribution in [0.15, 0.2) is 46.0 Å². The molecule has 4 rings (SSSR count). The van der Waals surface area contributed by atoms with Crippen LogP contribution in [0.25, 0.3) is 27.0 Å². The number of fused-ring (bicyclic) bond motifs is 1. The van der Waals surface area contributed by atoms with Gasteiger partial charge in [-0.1, -0.05) is 12.0 Å². The summed E-state index contributed by atoms with van der Waals surface area (Å²) in [4.78, 5) is 25.2. The molecule has 2 heterocycles. The molecular weight excluding hydrogens is 467 g/mol. The van der Waals surface area contributed by atoms with Gasteiger partial charge < -0.3 is 0 Å². The molecule has 0 amide bonds. The Hall–Kier alpha value is -3.84. The van der Waals surface area contributed by atoms with Crippen LogP contribution in [-0.2, 0) is 18.3 Å². The fraction of sp³-hybridized carbons (Fsp3) is 0.208. The van der Waals surface area contributed by atoms with Crippen molar-refractivity contribution in [2.45, 2.75) is 25.9 Å². The molecule has 2 aromatic heterocycles. The molecule has 1 atom stereocenters. The lowest BCUT2D eigenvalue weighted by atomic mass is 9.94. The molecule has 10 heteroatoms.